The third kappa shape index (κ3) is 5.29. The molecule has 0 radical (unpaired) electrons. The highest BCUT2D eigenvalue weighted by molar-refractivity contribution is 8.44. The SMILES string of the molecule is Nc1ncnc2c1ncn2[C@@H]1O[C@@H]2COP(O)(=S)O[C@@H]3[C@H](O)[C@@H](COP(=O)(S)O[C@H]2[C@@H]1F)O[C@H]3n1ccc(=O)n2ccnc12. The largest absolute Gasteiger partial charge is 0.387 e. The fourth-order valence-corrected chi connectivity index (χ4v) is 8.18. The van der Waals surface area contributed by atoms with Gasteiger partial charge < -0.3 is 29.7 Å². The Morgan fingerprint density at radius 3 is 2.64 bits per heavy atom. The lowest BCUT2D eigenvalue weighted by Crippen LogP contribution is -2.35. The zero-order chi connectivity index (χ0) is 31.0. The molecule has 0 aliphatic carbocycles. The summed E-state index contributed by atoms with van der Waals surface area (Å²) in [4.78, 5) is 39.6. The van der Waals surface area contributed by atoms with Crippen LogP contribution >= 0.6 is 25.8 Å². The van der Waals surface area contributed by atoms with Crippen LogP contribution in [0.5, 0.6) is 0 Å². The Morgan fingerprint density at radius 2 is 1.82 bits per heavy atom. The van der Waals surface area contributed by atoms with Gasteiger partial charge in [-0.15, -0.1) is 0 Å². The zero-order valence-corrected chi connectivity index (χ0v) is 25.5. The van der Waals surface area contributed by atoms with Gasteiger partial charge in [-0.1, -0.05) is 12.2 Å². The molecule has 0 aromatic carbocycles. The van der Waals surface area contributed by atoms with Gasteiger partial charge in [-0.3, -0.25) is 31.9 Å². The molecule has 4 aromatic heterocycles. The van der Waals surface area contributed by atoms with Gasteiger partial charge >= 0.3 is 13.5 Å². The number of ether oxygens (including phenoxy) is 2. The van der Waals surface area contributed by atoms with E-state index in [1.165, 1.54) is 50.8 Å². The number of thiol groups is 1. The number of rotatable bonds is 2. The standard InChI is InChI=1S/C21H23FN8O10P2S2/c22-12-15-10(38-19(12)30-8-27-13-17(23)25-7-26-18(13)30)6-36-42(34,44)40-16-14(32)9(5-35-41(33,43)39-15)37-20(16)29-3-1-11(31)28-4-2-24-21(28)29/h1-4,7-10,12,14-16,19-20,32H,5-6H2,(H,33,43)(H,34,44)(H2,23,25,26)/t9-,10-,12+,14-,15-,16-,19-,20-,41?,42?/m1/s1. The van der Waals surface area contributed by atoms with Crippen molar-refractivity contribution in [3.05, 3.63) is 47.7 Å². The van der Waals surface area contributed by atoms with Gasteiger partial charge in [0.2, 0.25) is 5.78 Å². The van der Waals surface area contributed by atoms with Gasteiger partial charge in [0.1, 0.15) is 42.4 Å². The molecule has 18 nitrogen and oxygen atoms in total. The van der Waals surface area contributed by atoms with Crippen LogP contribution in [0.25, 0.3) is 16.9 Å². The van der Waals surface area contributed by atoms with Crippen molar-refractivity contribution in [2.45, 2.75) is 49.1 Å². The third-order valence-corrected chi connectivity index (χ3v) is 10.5. The number of nitrogens with zero attached hydrogens (tertiary/aromatic N) is 7. The number of nitrogens with two attached hydrogens (primary N) is 1. The van der Waals surface area contributed by atoms with Crippen molar-refractivity contribution in [3.63, 3.8) is 0 Å². The van der Waals surface area contributed by atoms with Gasteiger partial charge in [0, 0.05) is 24.7 Å². The van der Waals surface area contributed by atoms with Crippen molar-refractivity contribution in [3.8, 4) is 0 Å². The Bertz CT molecular complexity index is 1900. The lowest BCUT2D eigenvalue weighted by Gasteiger charge is -2.28. The molecule has 0 amide bonds. The summed E-state index contributed by atoms with van der Waals surface area (Å²) in [5, 5.41) is 11.1. The smallest absolute Gasteiger partial charge is 0.386 e. The molecule has 7 rings (SSSR count). The normalized spacial score (nSPS) is 38.3. The maximum atomic E-state index is 16.0. The fourth-order valence-electron chi connectivity index (χ4n) is 5.28. The number of aromatic nitrogens is 7. The first-order chi connectivity index (χ1) is 20.9. The van der Waals surface area contributed by atoms with Gasteiger partial charge in [-0.2, -0.15) is 0 Å². The Hall–Kier alpha value is -2.39. The van der Waals surface area contributed by atoms with E-state index in [-0.39, 0.29) is 28.3 Å². The van der Waals surface area contributed by atoms with Gasteiger partial charge in [-0.25, -0.2) is 28.9 Å². The minimum Gasteiger partial charge on any atom is -0.387 e. The molecule has 0 spiro atoms. The Balaban J connectivity index is 1.21. The molecule has 4 N–H and O–H groups in total. The van der Waals surface area contributed by atoms with Crippen LogP contribution in [-0.4, -0.2) is 93.4 Å². The number of hydrogen-bond acceptors (Lipinski definition) is 15. The van der Waals surface area contributed by atoms with Crippen LogP contribution in [0.4, 0.5) is 10.2 Å². The summed E-state index contributed by atoms with van der Waals surface area (Å²) < 4.78 is 67.3. The number of alkyl halides is 1. The lowest BCUT2D eigenvalue weighted by atomic mass is 10.1. The van der Waals surface area contributed by atoms with E-state index >= 15 is 4.39 Å². The molecule has 2 bridgehead atoms. The van der Waals surface area contributed by atoms with Crippen molar-refractivity contribution < 1.29 is 46.5 Å². The van der Waals surface area contributed by atoms with E-state index in [2.05, 4.69) is 32.2 Å². The molecule has 4 aromatic rings. The first-order valence-corrected chi connectivity index (χ1v) is 18.1. The lowest BCUT2D eigenvalue weighted by molar-refractivity contribution is -0.0590. The van der Waals surface area contributed by atoms with Crippen molar-refractivity contribution in [2.75, 3.05) is 18.9 Å². The zero-order valence-electron chi connectivity index (χ0n) is 22.0. The number of halogens is 1. The predicted molar refractivity (Wildman–Crippen MR) is 153 cm³/mol. The Kier molecular flexibility index (Phi) is 7.67. The maximum absolute atomic E-state index is 16.0. The highest BCUT2D eigenvalue weighted by atomic mass is 32.7. The van der Waals surface area contributed by atoms with E-state index in [1.54, 1.807) is 0 Å². The highest BCUT2D eigenvalue weighted by Gasteiger charge is 2.53. The Labute approximate surface area is 255 Å². The van der Waals surface area contributed by atoms with Crippen LogP contribution in [0.15, 0.2) is 42.1 Å². The number of aliphatic hydroxyl groups is 1. The van der Waals surface area contributed by atoms with Gasteiger partial charge in [0.05, 0.1) is 19.5 Å². The van der Waals surface area contributed by atoms with E-state index < -0.39 is 75.9 Å². The molecule has 44 heavy (non-hydrogen) atoms. The van der Waals surface area contributed by atoms with Gasteiger partial charge in [0.25, 0.3) is 5.56 Å². The second-order valence-electron chi connectivity index (χ2n) is 9.98. The number of fused-ring (bicyclic) bond motifs is 5. The average molecular weight is 693 g/mol. The summed E-state index contributed by atoms with van der Waals surface area (Å²) in [6.45, 7) is -9.77. The summed E-state index contributed by atoms with van der Waals surface area (Å²) in [5.74, 6) is 0.186. The maximum Gasteiger partial charge on any atom is 0.386 e. The molecule has 7 heterocycles. The molecular formula is C21H23FN8O10P2S2. The molecule has 3 fully saturated rings. The minimum atomic E-state index is -4.37. The molecule has 10 atom stereocenters. The number of anilines is 1. The molecule has 3 saturated heterocycles. The molecule has 236 valence electrons. The van der Waals surface area contributed by atoms with Gasteiger partial charge in [0.15, 0.2) is 30.1 Å². The average Bonchev–Trinajstić information content (AvgIpc) is 3.75. The van der Waals surface area contributed by atoms with E-state index in [4.69, 9.17) is 45.1 Å². The Morgan fingerprint density at radius 1 is 1.05 bits per heavy atom. The predicted octanol–water partition coefficient (Wildman–Crippen LogP) is 0.484. The second-order valence-corrected chi connectivity index (χ2v) is 15.6. The third-order valence-electron chi connectivity index (χ3n) is 7.30. The van der Waals surface area contributed by atoms with Crippen molar-refractivity contribution >= 4 is 60.3 Å². The summed E-state index contributed by atoms with van der Waals surface area (Å²) in [5.41, 5.74) is 5.82. The van der Waals surface area contributed by atoms with Crippen LogP contribution in [0.1, 0.15) is 12.5 Å². The van der Waals surface area contributed by atoms with Crippen LogP contribution in [-0.2, 0) is 43.9 Å². The van der Waals surface area contributed by atoms with E-state index in [1.807, 2.05) is 0 Å². The van der Waals surface area contributed by atoms with E-state index in [0.717, 1.165) is 0 Å². The molecule has 23 heteroatoms. The first-order valence-electron chi connectivity index (χ1n) is 12.8. The molecular weight excluding hydrogens is 669 g/mol. The number of hydrogen-bond donors (Lipinski definition) is 4. The van der Waals surface area contributed by atoms with Crippen molar-refractivity contribution in [1.82, 2.24) is 33.5 Å². The summed E-state index contributed by atoms with van der Waals surface area (Å²) in [6, 6.07) is 1.23. The van der Waals surface area contributed by atoms with Crippen LogP contribution in [0.3, 0.4) is 0 Å². The van der Waals surface area contributed by atoms with Crippen LogP contribution in [0.2, 0.25) is 0 Å². The summed E-state index contributed by atoms with van der Waals surface area (Å²) in [6.07, 6.45) is -5.18. The molecule has 2 unspecified atom stereocenters. The second kappa shape index (κ2) is 11.1. The van der Waals surface area contributed by atoms with Crippen LogP contribution < -0.4 is 11.3 Å². The number of imidazole rings is 2. The molecule has 3 aliphatic heterocycles. The summed E-state index contributed by atoms with van der Waals surface area (Å²) in [7, 11) is 0. The quantitative estimate of drug-likeness (QED) is 0.166. The minimum absolute atomic E-state index is 0.0589. The van der Waals surface area contributed by atoms with Crippen LogP contribution in [0, 0.1) is 0 Å². The van der Waals surface area contributed by atoms with E-state index in [0.29, 0.717) is 0 Å². The number of aliphatic hydroxyl groups excluding tert-OH is 1. The molecule has 3 aliphatic rings. The first kappa shape index (κ1) is 30.3. The van der Waals surface area contributed by atoms with Crippen molar-refractivity contribution in [1.29, 1.82) is 0 Å². The topological polar surface area (TPSA) is 222 Å². The summed E-state index contributed by atoms with van der Waals surface area (Å²) >= 11 is 9.25. The number of nitrogen functional groups attached to an aromatic ring is 1. The highest BCUT2D eigenvalue weighted by Crippen LogP contribution is 2.58. The monoisotopic (exact) mass is 692 g/mol. The van der Waals surface area contributed by atoms with E-state index in [9.17, 15) is 19.4 Å². The molecule has 0 saturated carbocycles. The van der Waals surface area contributed by atoms with Gasteiger partial charge in [-0.05, 0) is 11.8 Å². The van der Waals surface area contributed by atoms with Crippen molar-refractivity contribution in [2.24, 2.45) is 0 Å². The fraction of sp³-hybridized carbons (Fsp3) is 0.476.